The van der Waals surface area contributed by atoms with Crippen LogP contribution in [-0.2, 0) is 38.0 Å². The van der Waals surface area contributed by atoms with Crippen molar-refractivity contribution in [3.63, 3.8) is 0 Å². The third-order valence-electron chi connectivity index (χ3n) is 16.3. The van der Waals surface area contributed by atoms with Crippen LogP contribution in [0.25, 0.3) is 0 Å². The molecule has 6 fully saturated rings. The number of methoxy groups -OCH3 is 1. The van der Waals surface area contributed by atoms with Gasteiger partial charge in [-0.3, -0.25) is 9.59 Å². The quantitative estimate of drug-likeness (QED) is 0.167. The maximum Gasteiger partial charge on any atom is 0.338 e. The Hall–Kier alpha value is -2.73. The predicted octanol–water partition coefficient (Wildman–Crippen LogP) is 3.96. The van der Waals surface area contributed by atoms with Crippen LogP contribution in [0.3, 0.4) is 0 Å². The lowest BCUT2D eigenvalue weighted by atomic mass is 9.44. The highest BCUT2D eigenvalue weighted by Gasteiger charge is 2.65. The molecule has 1 unspecified atom stereocenters. The lowest BCUT2D eigenvalue weighted by molar-refractivity contribution is -0.335. The fourth-order valence-electron chi connectivity index (χ4n) is 12.7. The minimum Gasteiger partial charge on any atom is -0.497 e. The Morgan fingerprint density at radius 1 is 0.823 bits per heavy atom. The summed E-state index contributed by atoms with van der Waals surface area (Å²) in [5, 5.41) is 53.7. The van der Waals surface area contributed by atoms with Gasteiger partial charge in [-0.15, -0.1) is 0 Å². The van der Waals surface area contributed by atoms with Gasteiger partial charge in [-0.05, 0) is 128 Å². The second kappa shape index (κ2) is 19.4. The summed E-state index contributed by atoms with van der Waals surface area (Å²) in [5.41, 5.74) is -0.0298. The molecular weight excluding hydrogens is 805 g/mol. The van der Waals surface area contributed by atoms with Gasteiger partial charge in [-0.2, -0.15) is 0 Å². The first kappa shape index (κ1) is 47.2. The Morgan fingerprint density at radius 3 is 2.16 bits per heavy atom. The first-order valence-corrected chi connectivity index (χ1v) is 22.9. The van der Waals surface area contributed by atoms with E-state index < -0.39 is 67.2 Å². The summed E-state index contributed by atoms with van der Waals surface area (Å²) in [5.74, 6) is 0.130. The molecule has 5 N–H and O–H groups in total. The zero-order valence-corrected chi connectivity index (χ0v) is 37.1. The average Bonchev–Trinajstić information content (AvgIpc) is 3.55. The van der Waals surface area contributed by atoms with Crippen LogP contribution in [0.4, 0.5) is 0 Å². The molecule has 348 valence electrons. The van der Waals surface area contributed by atoms with Crippen molar-refractivity contribution in [1.29, 1.82) is 0 Å². The van der Waals surface area contributed by atoms with Crippen LogP contribution >= 0.6 is 0 Å². The van der Waals surface area contributed by atoms with Crippen molar-refractivity contribution in [3.8, 4) is 5.75 Å². The molecule has 0 aromatic heterocycles. The van der Waals surface area contributed by atoms with Crippen LogP contribution in [0.1, 0.15) is 109 Å². The second-order valence-electron chi connectivity index (χ2n) is 19.9. The Labute approximate surface area is 365 Å². The van der Waals surface area contributed by atoms with Crippen molar-refractivity contribution in [2.24, 2.45) is 52.3 Å². The fraction of sp³-hybridized carbons (Fsp3) is 0.809. The molecule has 19 atom stereocenters. The Kier molecular flexibility index (Phi) is 14.8. The Bertz CT molecular complexity index is 1710. The van der Waals surface area contributed by atoms with Crippen LogP contribution in [-0.4, -0.2) is 132 Å². The van der Waals surface area contributed by atoms with E-state index in [1.165, 1.54) is 26.2 Å². The lowest BCUT2D eigenvalue weighted by Crippen LogP contribution is -2.61. The SMILES string of the molecule is COc1ccc(C(=O)O[C@H]2[C@H](O[C@H]3CO[C@@H](O[C@H]4CC([C@H](C)C(=O)CC[C@@H](C)CO)[C@@]5(C)CC[C@H]6[C@@H](CC[C@H]7C[C@@H](O)CC[C@@]76C)[C@H]45)[C@H](OC(C)=O)[C@H]3O)OC[C@@H](O)[C@@H]2O)cc1. The van der Waals surface area contributed by atoms with Crippen LogP contribution in [0.15, 0.2) is 24.3 Å². The van der Waals surface area contributed by atoms with E-state index in [4.69, 9.17) is 33.2 Å². The molecule has 62 heavy (non-hydrogen) atoms. The number of Topliss-reactive ketones (excluding diaryl/α,β-unsaturated/α-hetero) is 1. The van der Waals surface area contributed by atoms with Gasteiger partial charge in [0.2, 0.25) is 0 Å². The summed E-state index contributed by atoms with van der Waals surface area (Å²) in [6, 6.07) is 6.12. The van der Waals surface area contributed by atoms with Gasteiger partial charge in [-0.25, -0.2) is 4.79 Å². The zero-order valence-electron chi connectivity index (χ0n) is 37.1. The molecule has 1 aromatic rings. The molecule has 15 heteroatoms. The number of hydrogen-bond acceptors (Lipinski definition) is 15. The van der Waals surface area contributed by atoms with Crippen LogP contribution in [0.5, 0.6) is 5.75 Å². The minimum absolute atomic E-state index is 0.00588. The molecule has 1 aromatic carbocycles. The van der Waals surface area contributed by atoms with Crippen molar-refractivity contribution in [2.75, 3.05) is 26.9 Å². The van der Waals surface area contributed by atoms with E-state index in [9.17, 15) is 39.9 Å². The molecule has 0 amide bonds. The van der Waals surface area contributed by atoms with Gasteiger partial charge in [0, 0.05) is 25.9 Å². The third-order valence-corrected chi connectivity index (χ3v) is 16.3. The number of carbonyl (C=O) groups excluding carboxylic acids is 3. The monoisotopic (exact) mass is 874 g/mol. The van der Waals surface area contributed by atoms with E-state index in [1.54, 1.807) is 12.1 Å². The van der Waals surface area contributed by atoms with Gasteiger partial charge >= 0.3 is 11.9 Å². The van der Waals surface area contributed by atoms with Crippen LogP contribution < -0.4 is 4.74 Å². The minimum atomic E-state index is -1.59. The molecule has 0 bridgehead atoms. The normalized spacial score (nSPS) is 42.7. The van der Waals surface area contributed by atoms with Crippen molar-refractivity contribution in [1.82, 2.24) is 0 Å². The summed E-state index contributed by atoms with van der Waals surface area (Å²) in [6.45, 7) is 9.37. The van der Waals surface area contributed by atoms with E-state index in [2.05, 4.69) is 13.8 Å². The van der Waals surface area contributed by atoms with Crippen molar-refractivity contribution in [2.45, 2.75) is 160 Å². The summed E-state index contributed by atoms with van der Waals surface area (Å²) >= 11 is 0. The largest absolute Gasteiger partial charge is 0.497 e. The van der Waals surface area contributed by atoms with Gasteiger partial charge in [0.1, 0.15) is 35.9 Å². The molecule has 15 nitrogen and oxygen atoms in total. The number of fused-ring (bicyclic) bond motifs is 5. The predicted molar refractivity (Wildman–Crippen MR) is 221 cm³/mol. The number of rotatable bonds is 14. The number of aliphatic hydroxyl groups is 5. The molecule has 2 saturated heterocycles. The van der Waals surface area contributed by atoms with Gasteiger partial charge in [0.25, 0.3) is 0 Å². The molecule has 2 heterocycles. The fourth-order valence-corrected chi connectivity index (χ4v) is 12.7. The third kappa shape index (κ3) is 9.35. The summed E-state index contributed by atoms with van der Waals surface area (Å²) in [7, 11) is 1.49. The van der Waals surface area contributed by atoms with Crippen molar-refractivity contribution >= 4 is 17.7 Å². The molecule has 4 saturated carbocycles. The number of aliphatic hydroxyl groups excluding tert-OH is 5. The summed E-state index contributed by atoms with van der Waals surface area (Å²) in [6.07, 6.45) is -3.78. The van der Waals surface area contributed by atoms with Crippen molar-refractivity contribution in [3.05, 3.63) is 29.8 Å². The maximum atomic E-state index is 13.9. The number of carbonyl (C=O) groups is 3. The van der Waals surface area contributed by atoms with Crippen LogP contribution in [0, 0.1) is 52.3 Å². The number of benzene rings is 1. The van der Waals surface area contributed by atoms with E-state index in [-0.39, 0.29) is 77.7 Å². The number of ketones is 1. The number of esters is 2. The van der Waals surface area contributed by atoms with E-state index in [1.807, 2.05) is 13.8 Å². The standard InChI is InChI=1S/C47H70O15/c1-24(21-48)7-14-34(51)25(2)33-20-36(38-31-13-10-28-19-29(50)15-17-46(28,4)32(31)16-18-47(33,38)5)60-45-42(59-26(3)49)40(54)37(23-58-45)61-44-41(39(53)35(52)22-57-44)62-43(55)27-8-11-30(56-6)12-9-27/h8-9,11-12,24-25,28-29,31-33,35-42,44-45,48,50,52-54H,7,10,13-23H2,1-6H3/t24-,25+,28+,29+,31-,32+,33?,35-,36+,37+,38-,39+,40+,41-,42-,44+,45+,46+,47-/m1/s1. The smallest absolute Gasteiger partial charge is 0.338 e. The van der Waals surface area contributed by atoms with Gasteiger partial charge in [0.15, 0.2) is 24.8 Å². The first-order chi connectivity index (χ1) is 29.5. The molecular formula is C47H70O15. The van der Waals surface area contributed by atoms with Gasteiger partial charge in [-0.1, -0.05) is 27.7 Å². The van der Waals surface area contributed by atoms with Crippen LogP contribution in [0.2, 0.25) is 0 Å². The highest BCUT2D eigenvalue weighted by molar-refractivity contribution is 5.89. The Balaban J connectivity index is 1.11. The molecule has 0 radical (unpaired) electrons. The zero-order chi connectivity index (χ0) is 44.7. The highest BCUT2D eigenvalue weighted by Crippen LogP contribution is 2.69. The van der Waals surface area contributed by atoms with Crippen molar-refractivity contribution < 1.29 is 73.1 Å². The molecule has 2 aliphatic heterocycles. The first-order valence-electron chi connectivity index (χ1n) is 22.9. The van der Waals surface area contributed by atoms with E-state index in [0.29, 0.717) is 36.8 Å². The molecule has 0 spiro atoms. The second-order valence-corrected chi connectivity index (χ2v) is 19.9. The number of ether oxygens (including phenoxy) is 7. The molecule has 7 rings (SSSR count). The van der Waals surface area contributed by atoms with E-state index >= 15 is 0 Å². The maximum absolute atomic E-state index is 13.9. The van der Waals surface area contributed by atoms with Gasteiger partial charge in [0.05, 0.1) is 38.1 Å². The van der Waals surface area contributed by atoms with E-state index in [0.717, 1.165) is 44.9 Å². The molecule has 4 aliphatic carbocycles. The summed E-state index contributed by atoms with van der Waals surface area (Å²) in [4.78, 5) is 39.7. The average molecular weight is 875 g/mol. The Morgan fingerprint density at radius 2 is 1.48 bits per heavy atom. The molecule has 6 aliphatic rings. The number of hydrogen-bond donors (Lipinski definition) is 5. The highest BCUT2D eigenvalue weighted by atomic mass is 16.7. The summed E-state index contributed by atoms with van der Waals surface area (Å²) < 4.78 is 41.8. The van der Waals surface area contributed by atoms with Gasteiger partial charge < -0.3 is 58.7 Å². The topological polar surface area (TPSA) is 217 Å². The lowest BCUT2D eigenvalue weighted by Gasteiger charge is -2.61.